The van der Waals surface area contributed by atoms with Gasteiger partial charge in [0.05, 0.1) is 13.0 Å². The van der Waals surface area contributed by atoms with Gasteiger partial charge in [0.2, 0.25) is 5.91 Å². The number of carbonyl (C=O) groups is 2. The molecule has 3 rings (SSSR count). The van der Waals surface area contributed by atoms with Gasteiger partial charge in [0.25, 0.3) is 5.91 Å². The van der Waals surface area contributed by atoms with Crippen LogP contribution in [0.15, 0.2) is 49.1 Å². The molecular formula is C23H25F3N2O3. The summed E-state index contributed by atoms with van der Waals surface area (Å²) in [5, 5.41) is 1.52. The minimum absolute atomic E-state index is 0.0868. The topological polar surface area (TPSA) is 49.9 Å². The normalized spacial score (nSPS) is 16.8. The first-order valence-electron chi connectivity index (χ1n) is 10.1. The number of halogens is 3. The van der Waals surface area contributed by atoms with E-state index in [1.54, 1.807) is 24.1 Å². The second-order valence-electron chi connectivity index (χ2n) is 7.57. The average Bonchev–Trinajstić information content (AvgIpc) is 2.76. The van der Waals surface area contributed by atoms with E-state index in [-0.39, 0.29) is 19.0 Å². The van der Waals surface area contributed by atoms with Crippen LogP contribution in [0.1, 0.15) is 23.2 Å². The predicted octanol–water partition coefficient (Wildman–Crippen LogP) is 4.28. The van der Waals surface area contributed by atoms with E-state index in [1.807, 2.05) is 24.3 Å². The van der Waals surface area contributed by atoms with Crippen LogP contribution in [0.25, 0.3) is 10.8 Å². The summed E-state index contributed by atoms with van der Waals surface area (Å²) in [5.41, 5.74) is 0.475. The Bertz CT molecular complexity index is 974. The third-order valence-electron chi connectivity index (χ3n) is 5.42. The third-order valence-corrected chi connectivity index (χ3v) is 5.42. The zero-order chi connectivity index (χ0) is 22.6. The zero-order valence-electron chi connectivity index (χ0n) is 17.3. The van der Waals surface area contributed by atoms with Crippen molar-refractivity contribution >= 4 is 22.6 Å². The maximum atomic E-state index is 13.3. The summed E-state index contributed by atoms with van der Waals surface area (Å²) < 4.78 is 44.0. The number of amides is 2. The molecule has 0 aliphatic carbocycles. The molecular weight excluding hydrogens is 409 g/mol. The van der Waals surface area contributed by atoms with Crippen LogP contribution >= 0.6 is 0 Å². The number of likely N-dealkylation sites (tertiary alicyclic amines) is 1. The molecule has 0 N–H and O–H groups in total. The lowest BCUT2D eigenvalue weighted by Gasteiger charge is -2.35. The number of methoxy groups -OCH3 is 1. The minimum Gasteiger partial charge on any atom is -0.496 e. The SMILES string of the molecule is C=CCN(CC(F)(F)F)C(=O)C1CCCN(C(=O)c2ccc(OC)c3ccccc23)C1. The van der Waals surface area contributed by atoms with Crippen LogP contribution in [0.3, 0.4) is 0 Å². The summed E-state index contributed by atoms with van der Waals surface area (Å²) in [6, 6.07) is 10.8. The van der Waals surface area contributed by atoms with Crippen molar-refractivity contribution in [3.8, 4) is 5.75 Å². The lowest BCUT2D eigenvalue weighted by molar-refractivity contribution is -0.163. The second-order valence-corrected chi connectivity index (χ2v) is 7.57. The van der Waals surface area contributed by atoms with Gasteiger partial charge in [-0.15, -0.1) is 6.58 Å². The van der Waals surface area contributed by atoms with Crippen LogP contribution in [-0.4, -0.2) is 61.1 Å². The van der Waals surface area contributed by atoms with E-state index in [0.717, 1.165) is 15.7 Å². The standard InChI is InChI=1S/C23H25F3N2O3/c1-3-12-28(15-23(24,25)26)21(29)16-7-6-13-27(14-16)22(30)19-10-11-20(31-2)18-9-5-4-8-17(18)19/h3-5,8-11,16H,1,6-7,12-15H2,2H3. The van der Waals surface area contributed by atoms with Crippen molar-refractivity contribution in [3.63, 3.8) is 0 Å². The Morgan fingerprint density at radius 1 is 1.23 bits per heavy atom. The molecule has 0 aromatic heterocycles. The molecule has 8 heteroatoms. The summed E-state index contributed by atoms with van der Waals surface area (Å²) in [6.45, 7) is 2.47. The van der Waals surface area contributed by atoms with Crippen LogP contribution in [0.4, 0.5) is 13.2 Å². The van der Waals surface area contributed by atoms with E-state index >= 15 is 0 Å². The number of hydrogen-bond donors (Lipinski definition) is 0. The number of hydrogen-bond acceptors (Lipinski definition) is 3. The van der Waals surface area contributed by atoms with Gasteiger partial charge in [0, 0.05) is 30.6 Å². The monoisotopic (exact) mass is 434 g/mol. The molecule has 0 spiro atoms. The van der Waals surface area contributed by atoms with E-state index in [9.17, 15) is 22.8 Å². The van der Waals surface area contributed by atoms with Crippen molar-refractivity contribution in [1.29, 1.82) is 0 Å². The van der Waals surface area contributed by atoms with E-state index in [1.165, 1.54) is 6.08 Å². The fourth-order valence-electron chi connectivity index (χ4n) is 4.03. The van der Waals surface area contributed by atoms with Crippen molar-refractivity contribution in [2.45, 2.75) is 19.0 Å². The van der Waals surface area contributed by atoms with Crippen LogP contribution in [0.5, 0.6) is 5.75 Å². The first-order valence-corrected chi connectivity index (χ1v) is 10.1. The van der Waals surface area contributed by atoms with E-state index in [2.05, 4.69) is 6.58 Å². The molecule has 2 aromatic carbocycles. The van der Waals surface area contributed by atoms with Crippen molar-refractivity contribution in [1.82, 2.24) is 9.80 Å². The Hall–Kier alpha value is -3.03. The van der Waals surface area contributed by atoms with Gasteiger partial charge in [-0.1, -0.05) is 30.3 Å². The zero-order valence-corrected chi connectivity index (χ0v) is 17.3. The highest BCUT2D eigenvalue weighted by Gasteiger charge is 2.37. The lowest BCUT2D eigenvalue weighted by Crippen LogP contribution is -2.48. The first kappa shape index (κ1) is 22.7. The number of piperidine rings is 1. The van der Waals surface area contributed by atoms with Gasteiger partial charge in [-0.2, -0.15) is 13.2 Å². The summed E-state index contributed by atoms with van der Waals surface area (Å²) in [4.78, 5) is 28.4. The number of rotatable bonds is 6. The molecule has 1 heterocycles. The van der Waals surface area contributed by atoms with Crippen LogP contribution < -0.4 is 4.74 Å². The maximum absolute atomic E-state index is 13.3. The molecule has 0 bridgehead atoms. The molecule has 1 aliphatic heterocycles. The van der Waals surface area contributed by atoms with Gasteiger partial charge in [0.15, 0.2) is 0 Å². The van der Waals surface area contributed by atoms with Crippen LogP contribution in [-0.2, 0) is 4.79 Å². The Kier molecular flexibility index (Phi) is 6.87. The average molecular weight is 434 g/mol. The largest absolute Gasteiger partial charge is 0.496 e. The summed E-state index contributed by atoms with van der Waals surface area (Å²) >= 11 is 0. The Morgan fingerprint density at radius 2 is 1.94 bits per heavy atom. The highest BCUT2D eigenvalue weighted by molar-refractivity contribution is 6.08. The molecule has 5 nitrogen and oxygen atoms in total. The smallest absolute Gasteiger partial charge is 0.406 e. The summed E-state index contributed by atoms with van der Waals surface area (Å²) in [7, 11) is 1.56. The van der Waals surface area contributed by atoms with Gasteiger partial charge < -0.3 is 14.5 Å². The molecule has 1 aliphatic rings. The molecule has 31 heavy (non-hydrogen) atoms. The fourth-order valence-corrected chi connectivity index (χ4v) is 4.03. The Balaban J connectivity index is 1.82. The minimum atomic E-state index is -4.50. The third kappa shape index (κ3) is 5.18. The van der Waals surface area contributed by atoms with Crippen LogP contribution in [0, 0.1) is 5.92 Å². The quantitative estimate of drug-likeness (QED) is 0.638. The van der Waals surface area contributed by atoms with Crippen molar-refractivity contribution in [2.75, 3.05) is 33.3 Å². The van der Waals surface area contributed by atoms with Crippen molar-refractivity contribution < 1.29 is 27.5 Å². The van der Waals surface area contributed by atoms with Gasteiger partial charge in [0.1, 0.15) is 12.3 Å². The molecule has 0 radical (unpaired) electrons. The van der Waals surface area contributed by atoms with Crippen molar-refractivity contribution in [2.24, 2.45) is 5.92 Å². The molecule has 166 valence electrons. The van der Waals surface area contributed by atoms with E-state index in [0.29, 0.717) is 30.7 Å². The molecule has 1 saturated heterocycles. The van der Waals surface area contributed by atoms with Gasteiger partial charge in [-0.3, -0.25) is 9.59 Å². The molecule has 1 fully saturated rings. The lowest BCUT2D eigenvalue weighted by atomic mass is 9.95. The molecule has 2 amide bonds. The highest BCUT2D eigenvalue weighted by Crippen LogP contribution is 2.30. The van der Waals surface area contributed by atoms with Crippen molar-refractivity contribution in [3.05, 3.63) is 54.6 Å². The van der Waals surface area contributed by atoms with E-state index in [4.69, 9.17) is 4.74 Å². The van der Waals surface area contributed by atoms with Gasteiger partial charge in [-0.05, 0) is 30.4 Å². The number of ether oxygens (including phenoxy) is 1. The molecule has 0 saturated carbocycles. The highest BCUT2D eigenvalue weighted by atomic mass is 19.4. The Morgan fingerprint density at radius 3 is 2.58 bits per heavy atom. The summed E-state index contributed by atoms with van der Waals surface area (Å²) in [5.74, 6) is -0.882. The number of carbonyl (C=O) groups excluding carboxylic acids is 2. The molecule has 2 aromatic rings. The van der Waals surface area contributed by atoms with Gasteiger partial charge >= 0.3 is 6.18 Å². The number of benzene rings is 2. The van der Waals surface area contributed by atoms with Gasteiger partial charge in [-0.25, -0.2) is 0 Å². The van der Waals surface area contributed by atoms with E-state index < -0.39 is 24.5 Å². The molecule has 1 atom stereocenters. The number of fused-ring (bicyclic) bond motifs is 1. The van der Waals surface area contributed by atoms with Crippen LogP contribution in [0.2, 0.25) is 0 Å². The Labute approximate surface area is 179 Å². The fraction of sp³-hybridized carbons (Fsp3) is 0.391. The maximum Gasteiger partial charge on any atom is 0.406 e. The predicted molar refractivity (Wildman–Crippen MR) is 112 cm³/mol. The first-order chi connectivity index (χ1) is 14.7. The number of nitrogens with zero attached hydrogens (tertiary/aromatic N) is 2. The second kappa shape index (κ2) is 9.41. The summed E-state index contributed by atoms with van der Waals surface area (Å²) in [6.07, 6.45) is -2.23. The number of alkyl halides is 3. The molecule has 1 unspecified atom stereocenters.